The van der Waals surface area contributed by atoms with Crippen molar-refractivity contribution >= 4 is 27.4 Å². The van der Waals surface area contributed by atoms with Crippen LogP contribution >= 0.6 is 11.3 Å². The molecular weight excluding hydrogens is 334 g/mol. The third-order valence-corrected chi connectivity index (χ3v) is 4.15. The molecule has 0 spiro atoms. The lowest BCUT2D eigenvalue weighted by Gasteiger charge is -2.09. The minimum atomic E-state index is 0.345. The average Bonchev–Trinajstić information content (AvgIpc) is 3.09. The Labute approximate surface area is 153 Å². The molecule has 0 bridgehead atoms. The summed E-state index contributed by atoms with van der Waals surface area (Å²) in [6.45, 7) is 8.18. The maximum atomic E-state index is 5.51. The van der Waals surface area contributed by atoms with E-state index in [0.717, 1.165) is 38.9 Å². The van der Waals surface area contributed by atoms with E-state index >= 15 is 0 Å². The van der Waals surface area contributed by atoms with Gasteiger partial charge in [-0.1, -0.05) is 13.8 Å². The van der Waals surface area contributed by atoms with E-state index in [9.17, 15) is 0 Å². The van der Waals surface area contributed by atoms with Crippen molar-refractivity contribution in [1.29, 1.82) is 0 Å². The predicted molar refractivity (Wildman–Crippen MR) is 106 cm³/mol. The summed E-state index contributed by atoms with van der Waals surface area (Å²) in [6, 6.07) is 8.03. The van der Waals surface area contributed by atoms with Gasteiger partial charge >= 0.3 is 0 Å². The lowest BCUT2D eigenvalue weighted by atomic mass is 10.1. The van der Waals surface area contributed by atoms with E-state index in [1.54, 1.807) is 25.6 Å². The van der Waals surface area contributed by atoms with Crippen molar-refractivity contribution in [2.45, 2.75) is 33.7 Å². The van der Waals surface area contributed by atoms with Gasteiger partial charge in [-0.2, -0.15) is 0 Å². The van der Waals surface area contributed by atoms with Crippen molar-refractivity contribution in [3.05, 3.63) is 29.6 Å². The highest BCUT2D eigenvalue weighted by atomic mass is 32.1. The second-order valence-electron chi connectivity index (χ2n) is 5.43. The lowest BCUT2D eigenvalue weighted by molar-refractivity contribution is 0.414. The molecule has 0 aliphatic heterocycles. The zero-order valence-corrected chi connectivity index (χ0v) is 16.4. The summed E-state index contributed by atoms with van der Waals surface area (Å²) in [7, 11) is 3.31. The van der Waals surface area contributed by atoms with Gasteiger partial charge in [0.25, 0.3) is 0 Å². The van der Waals surface area contributed by atoms with Crippen LogP contribution in [0.1, 0.15) is 27.7 Å². The highest BCUT2D eigenvalue weighted by Crippen LogP contribution is 2.33. The second kappa shape index (κ2) is 8.67. The number of nitrogens with one attached hydrogen (secondary N) is 1. The fourth-order valence-corrected chi connectivity index (χ4v) is 3.16. The van der Waals surface area contributed by atoms with Crippen LogP contribution in [0.15, 0.2) is 29.6 Å². The molecule has 0 saturated carbocycles. The van der Waals surface area contributed by atoms with Gasteiger partial charge in [-0.3, -0.25) is 0 Å². The number of thiazole rings is 1. The standard InChI is InChI=1S/C17H19N3O2S.C2H6/c1-10(2)18-17-20-15(9-23-17)14-8-16(22-4)12-6-5-11(21-3)7-13(12)19-14;1-2/h5-10H,1-4H3,(H,18,20);1-2H3. The van der Waals surface area contributed by atoms with Gasteiger partial charge < -0.3 is 14.8 Å². The van der Waals surface area contributed by atoms with Gasteiger partial charge in [0.2, 0.25) is 0 Å². The molecule has 0 fully saturated rings. The molecule has 1 aromatic carbocycles. The summed E-state index contributed by atoms with van der Waals surface area (Å²) in [4.78, 5) is 9.32. The van der Waals surface area contributed by atoms with Gasteiger partial charge in [0.15, 0.2) is 5.13 Å². The van der Waals surface area contributed by atoms with Crippen LogP contribution in [0.2, 0.25) is 0 Å². The van der Waals surface area contributed by atoms with Crippen LogP contribution in [0.25, 0.3) is 22.3 Å². The number of aromatic nitrogens is 2. The SMILES string of the molecule is CC.COc1ccc2c(OC)cc(-c3csc(NC(C)C)n3)nc2c1. The molecular formula is C19H25N3O2S. The van der Waals surface area contributed by atoms with Crippen LogP contribution in [0.5, 0.6) is 11.5 Å². The van der Waals surface area contributed by atoms with Gasteiger partial charge in [0.05, 0.1) is 25.4 Å². The Morgan fingerprint density at radius 1 is 1.00 bits per heavy atom. The molecule has 2 heterocycles. The molecule has 0 radical (unpaired) electrons. The van der Waals surface area contributed by atoms with E-state index in [2.05, 4.69) is 24.1 Å². The van der Waals surface area contributed by atoms with E-state index < -0.39 is 0 Å². The third-order valence-electron chi connectivity index (χ3n) is 3.38. The molecule has 0 saturated heterocycles. The van der Waals surface area contributed by atoms with Crippen LogP contribution in [-0.2, 0) is 0 Å². The van der Waals surface area contributed by atoms with Crippen LogP contribution in [0.3, 0.4) is 0 Å². The van der Waals surface area contributed by atoms with Gasteiger partial charge in [0, 0.05) is 28.9 Å². The van der Waals surface area contributed by atoms with Crippen LogP contribution < -0.4 is 14.8 Å². The van der Waals surface area contributed by atoms with Crippen molar-refractivity contribution in [1.82, 2.24) is 9.97 Å². The summed E-state index contributed by atoms with van der Waals surface area (Å²) in [5.41, 5.74) is 2.45. The first kappa shape index (κ1) is 19.0. The molecule has 2 aromatic heterocycles. The van der Waals surface area contributed by atoms with Crippen molar-refractivity contribution in [2.24, 2.45) is 0 Å². The molecule has 0 unspecified atom stereocenters. The Kier molecular flexibility index (Phi) is 6.58. The number of nitrogens with zero attached hydrogens (tertiary/aromatic N) is 2. The molecule has 5 nitrogen and oxygen atoms in total. The van der Waals surface area contributed by atoms with Crippen LogP contribution in [0.4, 0.5) is 5.13 Å². The van der Waals surface area contributed by atoms with E-state index in [-0.39, 0.29) is 0 Å². The lowest BCUT2D eigenvalue weighted by Crippen LogP contribution is -2.09. The van der Waals surface area contributed by atoms with Gasteiger partial charge in [-0.05, 0) is 26.0 Å². The smallest absolute Gasteiger partial charge is 0.183 e. The van der Waals surface area contributed by atoms with Crippen molar-refractivity contribution in [2.75, 3.05) is 19.5 Å². The molecule has 6 heteroatoms. The number of ether oxygens (including phenoxy) is 2. The zero-order valence-electron chi connectivity index (χ0n) is 15.6. The first-order chi connectivity index (χ1) is 12.1. The zero-order chi connectivity index (χ0) is 18.4. The third kappa shape index (κ3) is 4.39. The summed E-state index contributed by atoms with van der Waals surface area (Å²) < 4.78 is 10.8. The van der Waals surface area contributed by atoms with Gasteiger partial charge in [-0.15, -0.1) is 11.3 Å². The normalized spacial score (nSPS) is 10.4. The van der Waals surface area contributed by atoms with Crippen LogP contribution in [-0.4, -0.2) is 30.2 Å². The van der Waals surface area contributed by atoms with Crippen LogP contribution in [0, 0.1) is 0 Å². The summed E-state index contributed by atoms with van der Waals surface area (Å²) >= 11 is 1.57. The minimum absolute atomic E-state index is 0.345. The number of methoxy groups -OCH3 is 2. The Balaban J connectivity index is 0.00000109. The Morgan fingerprint density at radius 2 is 1.76 bits per heavy atom. The van der Waals surface area contributed by atoms with Gasteiger partial charge in [0.1, 0.15) is 17.2 Å². The first-order valence-corrected chi connectivity index (χ1v) is 9.24. The molecule has 134 valence electrons. The molecule has 0 aliphatic rings. The number of pyridine rings is 1. The Bertz CT molecular complexity index is 831. The molecule has 0 atom stereocenters. The highest BCUT2D eigenvalue weighted by molar-refractivity contribution is 7.14. The molecule has 0 amide bonds. The Hall–Kier alpha value is -2.34. The quantitative estimate of drug-likeness (QED) is 0.676. The summed E-state index contributed by atoms with van der Waals surface area (Å²) in [5.74, 6) is 1.55. The predicted octanol–water partition coefficient (Wildman–Crippen LogP) is 5.22. The molecule has 0 aliphatic carbocycles. The largest absolute Gasteiger partial charge is 0.497 e. The number of benzene rings is 1. The molecule has 1 N–H and O–H groups in total. The first-order valence-electron chi connectivity index (χ1n) is 8.36. The number of hydrogen-bond donors (Lipinski definition) is 1. The van der Waals surface area contributed by atoms with Crippen molar-refractivity contribution in [3.8, 4) is 22.9 Å². The average molecular weight is 359 g/mol. The fraction of sp³-hybridized carbons (Fsp3) is 0.368. The number of hydrogen-bond acceptors (Lipinski definition) is 6. The molecule has 3 aromatic rings. The molecule has 25 heavy (non-hydrogen) atoms. The summed E-state index contributed by atoms with van der Waals surface area (Å²) in [6.07, 6.45) is 0. The topological polar surface area (TPSA) is 56.3 Å². The van der Waals surface area contributed by atoms with Gasteiger partial charge in [-0.25, -0.2) is 9.97 Å². The minimum Gasteiger partial charge on any atom is -0.497 e. The Morgan fingerprint density at radius 3 is 2.40 bits per heavy atom. The van der Waals surface area contributed by atoms with E-state index in [4.69, 9.17) is 14.5 Å². The maximum Gasteiger partial charge on any atom is 0.183 e. The monoisotopic (exact) mass is 359 g/mol. The van der Waals surface area contributed by atoms with E-state index in [1.165, 1.54) is 0 Å². The van der Waals surface area contributed by atoms with E-state index in [0.29, 0.717) is 6.04 Å². The van der Waals surface area contributed by atoms with E-state index in [1.807, 2.05) is 43.5 Å². The molecule has 3 rings (SSSR count). The maximum absolute atomic E-state index is 5.51. The van der Waals surface area contributed by atoms with Crippen molar-refractivity contribution in [3.63, 3.8) is 0 Å². The highest BCUT2D eigenvalue weighted by Gasteiger charge is 2.12. The number of fused-ring (bicyclic) bond motifs is 1. The number of anilines is 1. The second-order valence-corrected chi connectivity index (χ2v) is 6.29. The number of rotatable bonds is 5. The summed E-state index contributed by atoms with van der Waals surface area (Å²) in [5, 5.41) is 7.15. The van der Waals surface area contributed by atoms with Crippen molar-refractivity contribution < 1.29 is 9.47 Å². The fourth-order valence-electron chi connectivity index (χ4n) is 2.31.